The van der Waals surface area contributed by atoms with E-state index in [0.717, 1.165) is 4.88 Å². The molecule has 0 amide bonds. The van der Waals surface area contributed by atoms with Gasteiger partial charge in [0.05, 0.1) is 4.88 Å². The minimum atomic E-state index is -0.383. The molecule has 5 heteroatoms. The zero-order valence-corrected chi connectivity index (χ0v) is 10.9. The minimum Gasteiger partial charge on any atom is -0.294 e. The quantitative estimate of drug-likeness (QED) is 0.610. The molecular weight excluding hydrogens is 264 g/mol. The Morgan fingerprint density at radius 1 is 1.25 bits per heavy atom. The molecule has 0 radical (unpaired) electrons. The molecule has 2 aromatic rings. The Morgan fingerprint density at radius 3 is 2.25 bits per heavy atom. The zero-order valence-electron chi connectivity index (χ0n) is 8.48. The zero-order chi connectivity index (χ0) is 12.0. The molecule has 2 rings (SSSR count). The van der Waals surface area contributed by atoms with Gasteiger partial charge in [0.1, 0.15) is 0 Å². The number of hydrogen-bond acceptors (Lipinski definition) is 4. The van der Waals surface area contributed by atoms with Gasteiger partial charge in [0.25, 0.3) is 5.24 Å². The minimum absolute atomic E-state index is 0.153. The van der Waals surface area contributed by atoms with E-state index in [0.29, 0.717) is 5.56 Å². The Morgan fingerprint density at radius 2 is 2.00 bits per heavy atom. The van der Waals surface area contributed by atoms with E-state index >= 15 is 0 Å². The number of ketones is 1. The van der Waals surface area contributed by atoms with Crippen LogP contribution >= 0.6 is 34.3 Å². The number of halogens is 1. The standard InChI is InChI=1S/C6H6OS.C5H3ClOS/c1-5(7)6-3-2-4-8-6;6-5(7)4-1-2-8-3-4/h2-4H,1H3;1-3H. The van der Waals surface area contributed by atoms with E-state index < -0.39 is 0 Å². The summed E-state index contributed by atoms with van der Waals surface area (Å²) in [6.07, 6.45) is 0. The second-order valence-corrected chi connectivity index (χ2v) is 4.89. The molecule has 2 aromatic heterocycles. The summed E-state index contributed by atoms with van der Waals surface area (Å²) in [7, 11) is 0. The topological polar surface area (TPSA) is 34.1 Å². The maximum absolute atomic E-state index is 10.5. The van der Waals surface area contributed by atoms with Gasteiger partial charge in [-0.3, -0.25) is 9.59 Å². The third kappa shape index (κ3) is 4.26. The lowest BCUT2D eigenvalue weighted by Gasteiger charge is -1.79. The van der Waals surface area contributed by atoms with Gasteiger partial charge in [-0.1, -0.05) is 6.07 Å². The Labute approximate surface area is 106 Å². The summed E-state index contributed by atoms with van der Waals surface area (Å²) in [4.78, 5) is 21.6. The molecule has 0 bridgehead atoms. The molecule has 0 spiro atoms. The van der Waals surface area contributed by atoms with E-state index in [1.54, 1.807) is 18.4 Å². The van der Waals surface area contributed by atoms with Crippen LogP contribution in [0.25, 0.3) is 0 Å². The van der Waals surface area contributed by atoms with Crippen molar-refractivity contribution in [2.24, 2.45) is 0 Å². The molecule has 0 N–H and O–H groups in total. The molecule has 0 aliphatic carbocycles. The molecule has 0 unspecified atom stereocenters. The Balaban J connectivity index is 0.000000160. The van der Waals surface area contributed by atoms with Crippen molar-refractivity contribution < 1.29 is 9.59 Å². The Kier molecular flexibility index (Phi) is 5.38. The molecule has 0 saturated carbocycles. The second kappa shape index (κ2) is 6.58. The third-order valence-corrected chi connectivity index (χ3v) is 3.49. The van der Waals surface area contributed by atoms with Gasteiger partial charge < -0.3 is 0 Å². The average molecular weight is 273 g/mol. The highest BCUT2D eigenvalue weighted by molar-refractivity contribution is 7.12. The van der Waals surface area contributed by atoms with Crippen molar-refractivity contribution in [1.82, 2.24) is 0 Å². The highest BCUT2D eigenvalue weighted by Gasteiger charge is 1.98. The summed E-state index contributed by atoms with van der Waals surface area (Å²) >= 11 is 8.06. The third-order valence-electron chi connectivity index (χ3n) is 1.62. The highest BCUT2D eigenvalue weighted by atomic mass is 35.5. The van der Waals surface area contributed by atoms with Crippen LogP contribution in [0.3, 0.4) is 0 Å². The lowest BCUT2D eigenvalue weighted by atomic mass is 10.4. The van der Waals surface area contributed by atoms with Crippen molar-refractivity contribution in [3.8, 4) is 0 Å². The van der Waals surface area contributed by atoms with E-state index in [9.17, 15) is 9.59 Å². The summed E-state index contributed by atoms with van der Waals surface area (Å²) in [5, 5.41) is 5.05. The van der Waals surface area contributed by atoms with Crippen molar-refractivity contribution >= 4 is 45.3 Å². The van der Waals surface area contributed by atoms with Crippen molar-refractivity contribution in [2.45, 2.75) is 6.92 Å². The number of Topliss-reactive ketones (excluding diaryl/α,β-unsaturated/α-hetero) is 1. The number of thiophene rings is 2. The largest absolute Gasteiger partial charge is 0.294 e. The van der Waals surface area contributed by atoms with E-state index in [1.165, 1.54) is 22.7 Å². The van der Waals surface area contributed by atoms with Crippen LogP contribution in [0.5, 0.6) is 0 Å². The van der Waals surface area contributed by atoms with Crippen LogP contribution in [-0.2, 0) is 0 Å². The molecule has 84 valence electrons. The highest BCUT2D eigenvalue weighted by Crippen LogP contribution is 2.08. The lowest BCUT2D eigenvalue weighted by molar-refractivity contribution is 0.102. The first kappa shape index (κ1) is 13.1. The van der Waals surface area contributed by atoms with Crippen molar-refractivity contribution in [3.05, 3.63) is 44.8 Å². The monoisotopic (exact) mass is 272 g/mol. The predicted octanol–water partition coefficient (Wildman–Crippen LogP) is 4.08. The maximum Gasteiger partial charge on any atom is 0.253 e. The number of carbonyl (C=O) groups excluding carboxylic acids is 2. The number of hydrogen-bond donors (Lipinski definition) is 0. The van der Waals surface area contributed by atoms with E-state index in [1.807, 2.05) is 22.9 Å². The van der Waals surface area contributed by atoms with Gasteiger partial charge in [-0.15, -0.1) is 11.3 Å². The summed E-state index contributed by atoms with van der Waals surface area (Å²) in [5.41, 5.74) is 0.580. The molecule has 0 atom stereocenters. The molecular formula is C11H9ClO2S2. The molecule has 0 aliphatic rings. The average Bonchev–Trinajstić information content (AvgIpc) is 2.93. The smallest absolute Gasteiger partial charge is 0.253 e. The molecule has 0 saturated heterocycles. The summed E-state index contributed by atoms with van der Waals surface area (Å²) in [5.74, 6) is 0.153. The number of carbonyl (C=O) groups is 2. The van der Waals surface area contributed by atoms with Crippen LogP contribution in [0.2, 0.25) is 0 Å². The molecule has 2 heterocycles. The summed E-state index contributed by atoms with van der Waals surface area (Å²) in [6.45, 7) is 1.58. The van der Waals surface area contributed by atoms with Gasteiger partial charge in [0.15, 0.2) is 5.78 Å². The van der Waals surface area contributed by atoms with E-state index in [2.05, 4.69) is 0 Å². The second-order valence-electron chi connectivity index (χ2n) is 2.82. The van der Waals surface area contributed by atoms with Gasteiger partial charge in [0, 0.05) is 10.9 Å². The fraction of sp³-hybridized carbons (Fsp3) is 0.0909. The summed E-state index contributed by atoms with van der Waals surface area (Å²) < 4.78 is 0. The Hall–Kier alpha value is -0.970. The first-order chi connectivity index (χ1) is 7.61. The SMILES string of the molecule is CC(=O)c1cccs1.O=C(Cl)c1ccsc1. The first-order valence-electron chi connectivity index (χ1n) is 4.37. The fourth-order valence-electron chi connectivity index (χ4n) is 0.855. The van der Waals surface area contributed by atoms with Crippen LogP contribution in [0.15, 0.2) is 34.3 Å². The maximum atomic E-state index is 10.5. The van der Waals surface area contributed by atoms with Gasteiger partial charge in [-0.2, -0.15) is 11.3 Å². The van der Waals surface area contributed by atoms with Gasteiger partial charge in [-0.05, 0) is 41.4 Å². The summed E-state index contributed by atoms with van der Waals surface area (Å²) in [6, 6.07) is 5.40. The molecule has 2 nitrogen and oxygen atoms in total. The molecule has 0 fully saturated rings. The van der Waals surface area contributed by atoms with E-state index in [-0.39, 0.29) is 11.0 Å². The van der Waals surface area contributed by atoms with Gasteiger partial charge in [0.2, 0.25) is 0 Å². The Bertz CT molecular complexity index is 402. The van der Waals surface area contributed by atoms with Crippen molar-refractivity contribution in [1.29, 1.82) is 0 Å². The molecule has 0 aliphatic heterocycles. The van der Waals surface area contributed by atoms with Crippen LogP contribution in [0.4, 0.5) is 0 Å². The molecule has 16 heavy (non-hydrogen) atoms. The van der Waals surface area contributed by atoms with Crippen molar-refractivity contribution in [2.75, 3.05) is 0 Å². The van der Waals surface area contributed by atoms with Crippen LogP contribution in [0.1, 0.15) is 27.0 Å². The van der Waals surface area contributed by atoms with E-state index in [4.69, 9.17) is 11.6 Å². The fourth-order valence-corrected chi connectivity index (χ4v) is 2.30. The first-order valence-corrected chi connectivity index (χ1v) is 6.57. The van der Waals surface area contributed by atoms with Gasteiger partial charge in [-0.25, -0.2) is 0 Å². The van der Waals surface area contributed by atoms with Crippen LogP contribution < -0.4 is 0 Å². The predicted molar refractivity (Wildman–Crippen MR) is 68.8 cm³/mol. The van der Waals surface area contributed by atoms with Crippen LogP contribution in [-0.4, -0.2) is 11.0 Å². The van der Waals surface area contributed by atoms with Crippen LogP contribution in [0, 0.1) is 0 Å². The number of rotatable bonds is 2. The van der Waals surface area contributed by atoms with Crippen molar-refractivity contribution in [3.63, 3.8) is 0 Å². The molecule has 0 aromatic carbocycles. The normalized spacial score (nSPS) is 9.12. The lowest BCUT2D eigenvalue weighted by Crippen LogP contribution is -1.83. The van der Waals surface area contributed by atoms with Gasteiger partial charge >= 0.3 is 0 Å².